The van der Waals surface area contributed by atoms with Gasteiger partial charge in [0.25, 0.3) is 0 Å². The Hall–Kier alpha value is -0.0800. The maximum Gasteiger partial charge on any atom is 0.00419 e. The quantitative estimate of drug-likeness (QED) is 0.640. The molecule has 1 rings (SSSR count). The molecule has 0 saturated heterocycles. The van der Waals surface area contributed by atoms with Crippen molar-refractivity contribution in [3.05, 3.63) is 0 Å². The van der Waals surface area contributed by atoms with E-state index in [-0.39, 0.29) is 0 Å². The summed E-state index contributed by atoms with van der Waals surface area (Å²) in [5.74, 6) is 0.990. The highest BCUT2D eigenvalue weighted by Gasteiger charge is 2.23. The molecule has 16 heavy (non-hydrogen) atoms. The van der Waals surface area contributed by atoms with Crippen LogP contribution in [0.25, 0.3) is 0 Å². The van der Waals surface area contributed by atoms with Crippen LogP contribution >= 0.6 is 0 Å². The van der Waals surface area contributed by atoms with Crippen LogP contribution in [-0.4, -0.2) is 38.1 Å². The van der Waals surface area contributed by atoms with Crippen molar-refractivity contribution in [2.24, 2.45) is 11.3 Å². The van der Waals surface area contributed by atoms with Crippen LogP contribution in [0.15, 0.2) is 0 Å². The molecule has 0 amide bonds. The van der Waals surface area contributed by atoms with E-state index in [0.29, 0.717) is 5.41 Å². The first-order valence-corrected chi connectivity index (χ1v) is 6.93. The predicted octanol–water partition coefficient (Wildman–Crippen LogP) is 2.74. The van der Waals surface area contributed by atoms with E-state index in [4.69, 9.17) is 0 Å². The summed E-state index contributed by atoms with van der Waals surface area (Å²) < 4.78 is 0. The third-order valence-electron chi connectivity index (χ3n) is 3.52. The van der Waals surface area contributed by atoms with Gasteiger partial charge in [-0.1, -0.05) is 27.2 Å². The van der Waals surface area contributed by atoms with Crippen molar-refractivity contribution in [1.82, 2.24) is 10.2 Å². The van der Waals surface area contributed by atoms with E-state index in [1.165, 1.54) is 38.8 Å². The predicted molar refractivity (Wildman–Crippen MR) is 71.8 cm³/mol. The van der Waals surface area contributed by atoms with Gasteiger partial charge in [0.1, 0.15) is 0 Å². The van der Waals surface area contributed by atoms with Gasteiger partial charge >= 0.3 is 0 Å². The zero-order chi connectivity index (χ0) is 12.0. The van der Waals surface area contributed by atoms with Gasteiger partial charge in [-0.25, -0.2) is 0 Å². The average molecular weight is 226 g/mol. The smallest absolute Gasteiger partial charge is 0.00419 e. The molecule has 2 heteroatoms. The van der Waals surface area contributed by atoms with E-state index in [1.807, 2.05) is 0 Å². The zero-order valence-corrected chi connectivity index (χ0v) is 11.7. The molecule has 0 aromatic carbocycles. The lowest BCUT2D eigenvalue weighted by Gasteiger charge is -2.35. The molecule has 1 aliphatic carbocycles. The second kappa shape index (κ2) is 6.61. The molecule has 0 spiro atoms. The van der Waals surface area contributed by atoms with Crippen LogP contribution < -0.4 is 5.32 Å². The third-order valence-corrected chi connectivity index (χ3v) is 3.52. The third kappa shape index (κ3) is 5.31. The van der Waals surface area contributed by atoms with Crippen molar-refractivity contribution in [1.29, 1.82) is 0 Å². The molecule has 96 valence electrons. The molecule has 0 atom stereocenters. The average Bonchev–Trinajstić information content (AvgIpc) is 2.11. The van der Waals surface area contributed by atoms with Gasteiger partial charge in [-0.05, 0) is 44.2 Å². The molecule has 0 aromatic heterocycles. The number of hydrogen-bond donors (Lipinski definition) is 1. The van der Waals surface area contributed by atoms with Crippen molar-refractivity contribution in [3.8, 4) is 0 Å². The maximum absolute atomic E-state index is 3.54. The highest BCUT2D eigenvalue weighted by molar-refractivity contribution is 4.78. The second-order valence-electron chi connectivity index (χ2n) is 6.33. The summed E-state index contributed by atoms with van der Waals surface area (Å²) in [6, 6.07) is 0. The Kier molecular flexibility index (Phi) is 5.77. The molecule has 1 aliphatic rings. The van der Waals surface area contributed by atoms with E-state index in [9.17, 15) is 0 Å². The Morgan fingerprint density at radius 3 is 2.50 bits per heavy atom. The van der Waals surface area contributed by atoms with Gasteiger partial charge in [-0.15, -0.1) is 0 Å². The molecule has 0 bridgehead atoms. The Bertz CT molecular complexity index is 185. The largest absolute Gasteiger partial charge is 0.316 e. The fourth-order valence-corrected chi connectivity index (χ4v) is 2.57. The minimum atomic E-state index is 0.396. The number of nitrogens with one attached hydrogen (secondary N) is 1. The van der Waals surface area contributed by atoms with Crippen LogP contribution in [0, 0.1) is 11.3 Å². The van der Waals surface area contributed by atoms with Gasteiger partial charge in [0.2, 0.25) is 0 Å². The van der Waals surface area contributed by atoms with Gasteiger partial charge in [0.15, 0.2) is 0 Å². The summed E-state index contributed by atoms with van der Waals surface area (Å²) in [7, 11) is 2.28. The van der Waals surface area contributed by atoms with Gasteiger partial charge in [0.05, 0.1) is 0 Å². The summed E-state index contributed by atoms with van der Waals surface area (Å²) in [4.78, 5) is 2.53. The highest BCUT2D eigenvalue weighted by atomic mass is 15.1. The first kappa shape index (κ1) is 14.0. The molecule has 0 aliphatic heterocycles. The van der Waals surface area contributed by atoms with Crippen LogP contribution in [0.2, 0.25) is 0 Å². The summed E-state index contributed by atoms with van der Waals surface area (Å²) >= 11 is 0. The molecule has 1 saturated carbocycles. The molecule has 1 N–H and O–H groups in total. The van der Waals surface area contributed by atoms with Gasteiger partial charge in [-0.2, -0.15) is 0 Å². The molecule has 0 radical (unpaired) electrons. The summed E-state index contributed by atoms with van der Waals surface area (Å²) in [5, 5.41) is 3.54. The Balaban J connectivity index is 2.15. The van der Waals surface area contributed by atoms with Crippen LogP contribution in [0.1, 0.15) is 46.5 Å². The number of nitrogens with zero attached hydrogens (tertiary/aromatic N) is 1. The van der Waals surface area contributed by atoms with Crippen LogP contribution in [0.5, 0.6) is 0 Å². The minimum Gasteiger partial charge on any atom is -0.316 e. The van der Waals surface area contributed by atoms with Crippen molar-refractivity contribution in [2.75, 3.05) is 33.2 Å². The van der Waals surface area contributed by atoms with Gasteiger partial charge in [0, 0.05) is 19.6 Å². The number of hydrogen-bond acceptors (Lipinski definition) is 2. The molecular formula is C14H30N2. The lowest BCUT2D eigenvalue weighted by molar-refractivity contribution is 0.152. The SMILES string of the molecule is CCCNCC(C)(C)CN(C)CC1CCC1. The zero-order valence-electron chi connectivity index (χ0n) is 11.7. The van der Waals surface area contributed by atoms with Crippen molar-refractivity contribution in [3.63, 3.8) is 0 Å². The number of rotatable bonds is 8. The lowest BCUT2D eigenvalue weighted by Crippen LogP contribution is -2.41. The van der Waals surface area contributed by atoms with Crippen molar-refractivity contribution < 1.29 is 0 Å². The Morgan fingerprint density at radius 1 is 1.31 bits per heavy atom. The fraction of sp³-hybridized carbons (Fsp3) is 1.00. The van der Waals surface area contributed by atoms with Gasteiger partial charge < -0.3 is 10.2 Å². The highest BCUT2D eigenvalue weighted by Crippen LogP contribution is 2.27. The molecule has 1 fully saturated rings. The maximum atomic E-state index is 3.54. The standard InChI is InChI=1S/C14H30N2/c1-5-9-15-11-14(2,3)12-16(4)10-13-7-6-8-13/h13,15H,5-12H2,1-4H3. The monoisotopic (exact) mass is 226 g/mol. The lowest BCUT2D eigenvalue weighted by atomic mass is 9.84. The summed E-state index contributed by atoms with van der Waals surface area (Å²) in [6.45, 7) is 11.8. The summed E-state index contributed by atoms with van der Waals surface area (Å²) in [5.41, 5.74) is 0.396. The fourth-order valence-electron chi connectivity index (χ4n) is 2.57. The van der Waals surface area contributed by atoms with Crippen LogP contribution in [0.3, 0.4) is 0 Å². The van der Waals surface area contributed by atoms with Gasteiger partial charge in [-0.3, -0.25) is 0 Å². The normalized spacial score (nSPS) is 17.8. The first-order chi connectivity index (χ1) is 7.53. The Labute approximate surface area is 102 Å². The molecular weight excluding hydrogens is 196 g/mol. The molecule has 0 heterocycles. The van der Waals surface area contributed by atoms with E-state index in [1.54, 1.807) is 0 Å². The van der Waals surface area contributed by atoms with Crippen molar-refractivity contribution in [2.45, 2.75) is 46.5 Å². The molecule has 2 nitrogen and oxygen atoms in total. The van der Waals surface area contributed by atoms with Crippen molar-refractivity contribution >= 4 is 0 Å². The van der Waals surface area contributed by atoms with E-state index >= 15 is 0 Å². The summed E-state index contributed by atoms with van der Waals surface area (Å²) in [6.07, 6.45) is 5.60. The second-order valence-corrected chi connectivity index (χ2v) is 6.33. The molecule has 0 unspecified atom stereocenters. The van der Waals surface area contributed by atoms with Crippen LogP contribution in [-0.2, 0) is 0 Å². The van der Waals surface area contributed by atoms with E-state index in [2.05, 4.69) is 38.0 Å². The molecule has 0 aromatic rings. The first-order valence-electron chi connectivity index (χ1n) is 6.93. The Morgan fingerprint density at radius 2 is 2.00 bits per heavy atom. The van der Waals surface area contributed by atoms with E-state index in [0.717, 1.165) is 19.0 Å². The topological polar surface area (TPSA) is 15.3 Å². The van der Waals surface area contributed by atoms with E-state index < -0.39 is 0 Å². The minimum absolute atomic E-state index is 0.396. The van der Waals surface area contributed by atoms with Crippen LogP contribution in [0.4, 0.5) is 0 Å².